The summed E-state index contributed by atoms with van der Waals surface area (Å²) >= 11 is 0. The van der Waals surface area contributed by atoms with Crippen LogP contribution in [-0.4, -0.2) is 32.5 Å². The van der Waals surface area contributed by atoms with Crippen LogP contribution in [0.5, 0.6) is 5.75 Å². The number of nitrogens with zero attached hydrogens (tertiary/aromatic N) is 4. The Balaban J connectivity index is 1.88. The molecule has 0 amide bonds. The lowest BCUT2D eigenvalue weighted by atomic mass is 10.2. The summed E-state index contributed by atoms with van der Waals surface area (Å²) < 4.78 is 6.64. The third-order valence-electron chi connectivity index (χ3n) is 2.63. The van der Waals surface area contributed by atoms with Crippen molar-refractivity contribution in [3.05, 3.63) is 52.3 Å². The summed E-state index contributed by atoms with van der Waals surface area (Å²) in [4.78, 5) is 9.95. The maximum Gasteiger partial charge on any atom is 0.306 e. The standard InChI is InChI=1S/C13H12N4O4/c14-5-10-2-1-3-13(4-10)21-9-12(18)8-16-7-11(6-15-16)17(19)20/h1-4,6-7,12,18H,8-9H2. The Hall–Kier alpha value is -2.92. The van der Waals surface area contributed by atoms with Crippen LogP contribution >= 0.6 is 0 Å². The van der Waals surface area contributed by atoms with E-state index < -0.39 is 11.0 Å². The molecule has 8 nitrogen and oxygen atoms in total. The minimum absolute atomic E-state index is 0.0114. The van der Waals surface area contributed by atoms with Gasteiger partial charge in [-0.15, -0.1) is 0 Å². The maximum atomic E-state index is 10.5. The highest BCUT2D eigenvalue weighted by Crippen LogP contribution is 2.13. The van der Waals surface area contributed by atoms with E-state index >= 15 is 0 Å². The van der Waals surface area contributed by atoms with E-state index in [9.17, 15) is 15.2 Å². The first-order chi connectivity index (χ1) is 10.1. The summed E-state index contributed by atoms with van der Waals surface area (Å²) in [5, 5.41) is 32.9. The van der Waals surface area contributed by atoms with Crippen LogP contribution in [0.2, 0.25) is 0 Å². The average molecular weight is 288 g/mol. The normalized spacial score (nSPS) is 11.6. The fraction of sp³-hybridized carbons (Fsp3) is 0.231. The Morgan fingerprint density at radius 1 is 1.57 bits per heavy atom. The first-order valence-electron chi connectivity index (χ1n) is 6.06. The second kappa shape index (κ2) is 6.49. The number of hydrogen-bond acceptors (Lipinski definition) is 6. The van der Waals surface area contributed by atoms with Crippen LogP contribution in [-0.2, 0) is 6.54 Å². The second-order valence-electron chi connectivity index (χ2n) is 4.28. The van der Waals surface area contributed by atoms with E-state index in [1.807, 2.05) is 6.07 Å². The number of rotatable bonds is 6. The number of benzene rings is 1. The zero-order valence-corrected chi connectivity index (χ0v) is 10.9. The molecule has 108 valence electrons. The number of aliphatic hydroxyl groups is 1. The molecule has 1 N–H and O–H groups in total. The van der Waals surface area contributed by atoms with E-state index in [1.54, 1.807) is 24.3 Å². The predicted molar refractivity (Wildman–Crippen MR) is 71.5 cm³/mol. The molecule has 21 heavy (non-hydrogen) atoms. The molecule has 0 bridgehead atoms. The molecule has 1 heterocycles. The Bertz CT molecular complexity index is 677. The summed E-state index contributed by atoms with van der Waals surface area (Å²) in [6, 6.07) is 8.54. The van der Waals surface area contributed by atoms with Crippen LogP contribution < -0.4 is 4.74 Å². The van der Waals surface area contributed by atoms with Gasteiger partial charge >= 0.3 is 5.69 Å². The number of nitriles is 1. The molecule has 0 aliphatic heterocycles. The second-order valence-corrected chi connectivity index (χ2v) is 4.28. The van der Waals surface area contributed by atoms with Crippen molar-refractivity contribution in [3.8, 4) is 11.8 Å². The molecule has 0 saturated heterocycles. The number of ether oxygens (including phenoxy) is 1. The lowest BCUT2D eigenvalue weighted by molar-refractivity contribution is -0.385. The van der Waals surface area contributed by atoms with Gasteiger partial charge in [-0.1, -0.05) is 6.07 Å². The molecule has 1 atom stereocenters. The van der Waals surface area contributed by atoms with Crippen LogP contribution in [0.25, 0.3) is 0 Å². The van der Waals surface area contributed by atoms with E-state index in [0.29, 0.717) is 11.3 Å². The summed E-state index contributed by atoms with van der Waals surface area (Å²) in [5.41, 5.74) is 0.328. The van der Waals surface area contributed by atoms with Crippen molar-refractivity contribution in [2.45, 2.75) is 12.6 Å². The van der Waals surface area contributed by atoms with Gasteiger partial charge < -0.3 is 9.84 Å². The zero-order valence-electron chi connectivity index (χ0n) is 10.9. The molecule has 2 rings (SSSR count). The predicted octanol–water partition coefficient (Wildman–Crippen LogP) is 1.10. The van der Waals surface area contributed by atoms with Crippen LogP contribution in [0.3, 0.4) is 0 Å². The molecule has 1 aromatic heterocycles. The quantitative estimate of drug-likeness (QED) is 0.629. The van der Waals surface area contributed by atoms with E-state index in [4.69, 9.17) is 10.00 Å². The van der Waals surface area contributed by atoms with E-state index in [0.717, 1.165) is 6.20 Å². The third kappa shape index (κ3) is 4.02. The molecule has 0 aliphatic rings. The molecule has 1 unspecified atom stereocenters. The molecule has 0 aliphatic carbocycles. The van der Waals surface area contributed by atoms with Gasteiger partial charge in [-0.2, -0.15) is 10.4 Å². The number of aliphatic hydroxyl groups excluding tert-OH is 1. The van der Waals surface area contributed by atoms with Crippen molar-refractivity contribution >= 4 is 5.69 Å². The van der Waals surface area contributed by atoms with Gasteiger partial charge in [0.05, 0.1) is 23.1 Å². The summed E-state index contributed by atoms with van der Waals surface area (Å²) in [7, 11) is 0. The summed E-state index contributed by atoms with van der Waals surface area (Å²) in [6.07, 6.45) is 1.47. The van der Waals surface area contributed by atoms with Crippen molar-refractivity contribution in [1.82, 2.24) is 9.78 Å². The van der Waals surface area contributed by atoms with Crippen molar-refractivity contribution in [1.29, 1.82) is 5.26 Å². The third-order valence-corrected chi connectivity index (χ3v) is 2.63. The average Bonchev–Trinajstić information content (AvgIpc) is 2.94. The van der Waals surface area contributed by atoms with Gasteiger partial charge in [0.1, 0.15) is 30.9 Å². The van der Waals surface area contributed by atoms with Crippen LogP contribution in [0.1, 0.15) is 5.56 Å². The topological polar surface area (TPSA) is 114 Å². The minimum atomic E-state index is -0.879. The molecule has 0 radical (unpaired) electrons. The molecule has 2 aromatic rings. The lowest BCUT2D eigenvalue weighted by Crippen LogP contribution is -2.23. The number of hydrogen-bond donors (Lipinski definition) is 1. The van der Waals surface area contributed by atoms with Crippen LogP contribution in [0.4, 0.5) is 5.69 Å². The highest BCUT2D eigenvalue weighted by atomic mass is 16.6. The van der Waals surface area contributed by atoms with Gasteiger partial charge in [0.25, 0.3) is 0 Å². The molecular formula is C13H12N4O4. The molecule has 0 spiro atoms. The van der Waals surface area contributed by atoms with Crippen molar-refractivity contribution in [3.63, 3.8) is 0 Å². The molecule has 1 aromatic carbocycles. The lowest BCUT2D eigenvalue weighted by Gasteiger charge is -2.12. The van der Waals surface area contributed by atoms with Crippen molar-refractivity contribution in [2.75, 3.05) is 6.61 Å². The zero-order chi connectivity index (χ0) is 15.2. The fourth-order valence-corrected chi connectivity index (χ4v) is 1.66. The molecule has 8 heteroatoms. The maximum absolute atomic E-state index is 10.5. The van der Waals surface area contributed by atoms with Crippen LogP contribution in [0.15, 0.2) is 36.7 Å². The highest BCUT2D eigenvalue weighted by Gasteiger charge is 2.12. The van der Waals surface area contributed by atoms with Crippen molar-refractivity contribution in [2.24, 2.45) is 0 Å². The van der Waals surface area contributed by atoms with Crippen LogP contribution in [0, 0.1) is 21.4 Å². The molecular weight excluding hydrogens is 276 g/mol. The SMILES string of the molecule is N#Cc1cccc(OCC(O)Cn2cc([N+](=O)[O-])cn2)c1. The van der Waals surface area contributed by atoms with E-state index in [-0.39, 0.29) is 18.8 Å². The fourth-order valence-electron chi connectivity index (χ4n) is 1.66. The monoisotopic (exact) mass is 288 g/mol. The Morgan fingerprint density at radius 3 is 3.05 bits per heavy atom. The minimum Gasteiger partial charge on any atom is -0.491 e. The van der Waals surface area contributed by atoms with Gasteiger partial charge in [-0.3, -0.25) is 14.8 Å². The van der Waals surface area contributed by atoms with Gasteiger partial charge in [0, 0.05) is 0 Å². The highest BCUT2D eigenvalue weighted by molar-refractivity contribution is 5.36. The molecule has 0 fully saturated rings. The van der Waals surface area contributed by atoms with E-state index in [1.165, 1.54) is 10.9 Å². The number of aromatic nitrogens is 2. The Kier molecular flexibility index (Phi) is 4.48. The summed E-state index contributed by atoms with van der Waals surface area (Å²) in [6.45, 7) is 0.0638. The summed E-state index contributed by atoms with van der Waals surface area (Å²) in [5.74, 6) is 0.472. The number of nitro groups is 1. The Labute approximate surface area is 120 Å². The van der Waals surface area contributed by atoms with E-state index in [2.05, 4.69) is 5.10 Å². The Morgan fingerprint density at radius 2 is 2.38 bits per heavy atom. The largest absolute Gasteiger partial charge is 0.491 e. The smallest absolute Gasteiger partial charge is 0.306 e. The van der Waals surface area contributed by atoms with Gasteiger partial charge in [-0.25, -0.2) is 0 Å². The first kappa shape index (κ1) is 14.5. The van der Waals surface area contributed by atoms with Gasteiger partial charge in [0.15, 0.2) is 0 Å². The first-order valence-corrected chi connectivity index (χ1v) is 6.06. The molecule has 0 saturated carbocycles. The van der Waals surface area contributed by atoms with Gasteiger partial charge in [-0.05, 0) is 18.2 Å². The van der Waals surface area contributed by atoms with Crippen molar-refractivity contribution < 1.29 is 14.8 Å². The van der Waals surface area contributed by atoms with Gasteiger partial charge in [0.2, 0.25) is 0 Å².